The summed E-state index contributed by atoms with van der Waals surface area (Å²) in [5.41, 5.74) is 2.02. The fraction of sp³-hybridized carbons (Fsp3) is 0.412. The van der Waals surface area contributed by atoms with E-state index in [1.54, 1.807) is 7.05 Å². The molecule has 0 unspecified atom stereocenters. The molecular weight excluding hydrogens is 326 g/mol. The van der Waals surface area contributed by atoms with Crippen LogP contribution in [0.4, 0.5) is 0 Å². The van der Waals surface area contributed by atoms with Gasteiger partial charge in [0.25, 0.3) is 0 Å². The van der Waals surface area contributed by atoms with Gasteiger partial charge in [0.05, 0.1) is 17.1 Å². The molecule has 1 amide bonds. The molecular formula is C17H21N3O3S. The van der Waals surface area contributed by atoms with Gasteiger partial charge >= 0.3 is 0 Å². The molecule has 1 aromatic heterocycles. The van der Waals surface area contributed by atoms with Gasteiger partial charge in [-0.2, -0.15) is 0 Å². The van der Waals surface area contributed by atoms with Crippen LogP contribution in [0.25, 0.3) is 11.3 Å². The van der Waals surface area contributed by atoms with Gasteiger partial charge < -0.3 is 19.4 Å². The van der Waals surface area contributed by atoms with E-state index in [9.17, 15) is 4.79 Å². The zero-order chi connectivity index (χ0) is 17.1. The lowest BCUT2D eigenvalue weighted by molar-refractivity contribution is -0.119. The average molecular weight is 347 g/mol. The van der Waals surface area contributed by atoms with E-state index in [0.29, 0.717) is 13.2 Å². The van der Waals surface area contributed by atoms with Crippen LogP contribution in [0.2, 0.25) is 0 Å². The molecule has 0 bridgehead atoms. The summed E-state index contributed by atoms with van der Waals surface area (Å²) in [6, 6.07) is 5.92. The van der Waals surface area contributed by atoms with E-state index in [2.05, 4.69) is 21.8 Å². The molecule has 2 aromatic rings. The van der Waals surface area contributed by atoms with Crippen molar-refractivity contribution in [2.45, 2.75) is 30.8 Å². The van der Waals surface area contributed by atoms with E-state index in [1.165, 1.54) is 11.8 Å². The molecule has 3 rings (SSSR count). The molecule has 7 heteroatoms. The fourth-order valence-corrected chi connectivity index (χ4v) is 3.62. The van der Waals surface area contributed by atoms with Crippen LogP contribution in [0.5, 0.6) is 11.5 Å². The summed E-state index contributed by atoms with van der Waals surface area (Å²) in [6.07, 6.45) is 1.84. The highest BCUT2D eigenvalue weighted by Crippen LogP contribution is 2.36. The lowest BCUT2D eigenvalue weighted by Gasteiger charge is -2.19. The predicted octanol–water partition coefficient (Wildman–Crippen LogP) is 2.57. The number of ether oxygens (including phenoxy) is 2. The van der Waals surface area contributed by atoms with Crippen LogP contribution in [-0.4, -0.2) is 41.0 Å². The molecule has 0 saturated carbocycles. The number of carbonyl (C=O) groups excluding carboxylic acids is 1. The van der Waals surface area contributed by atoms with Crippen molar-refractivity contribution >= 4 is 17.7 Å². The van der Waals surface area contributed by atoms with E-state index in [1.807, 2.05) is 31.3 Å². The minimum Gasteiger partial charge on any atom is -0.486 e. The van der Waals surface area contributed by atoms with Crippen LogP contribution in [0.1, 0.15) is 13.8 Å². The third-order valence-corrected chi connectivity index (χ3v) is 4.98. The molecule has 0 fully saturated rings. The molecule has 1 N–H and O–H groups in total. The highest BCUT2D eigenvalue weighted by Gasteiger charge is 2.19. The summed E-state index contributed by atoms with van der Waals surface area (Å²) in [6.45, 7) is 5.86. The Hall–Kier alpha value is -2.15. The van der Waals surface area contributed by atoms with Crippen LogP contribution >= 0.6 is 11.8 Å². The quantitative estimate of drug-likeness (QED) is 0.842. The summed E-state index contributed by atoms with van der Waals surface area (Å²) in [4.78, 5) is 16.3. The number of nitrogens with one attached hydrogen (secondary N) is 1. The van der Waals surface area contributed by atoms with Crippen molar-refractivity contribution in [1.29, 1.82) is 0 Å². The van der Waals surface area contributed by atoms with Crippen molar-refractivity contribution in [1.82, 2.24) is 14.9 Å². The van der Waals surface area contributed by atoms with Gasteiger partial charge in [-0.25, -0.2) is 4.98 Å². The maximum absolute atomic E-state index is 11.8. The fourth-order valence-electron chi connectivity index (χ4n) is 2.61. The normalized spacial score (nSPS) is 14.3. The first-order chi connectivity index (χ1) is 11.6. The van der Waals surface area contributed by atoms with Crippen LogP contribution in [0.15, 0.2) is 29.6 Å². The smallest absolute Gasteiger partial charge is 0.233 e. The third kappa shape index (κ3) is 3.21. The molecule has 0 aliphatic carbocycles. The molecule has 0 spiro atoms. The Balaban J connectivity index is 1.90. The first-order valence-electron chi connectivity index (χ1n) is 7.97. The second-order valence-electron chi connectivity index (χ2n) is 5.40. The zero-order valence-corrected chi connectivity index (χ0v) is 14.9. The largest absolute Gasteiger partial charge is 0.486 e. The SMILES string of the molecule is CCn1c(-c2ccc3c(c2)OCCO3)cnc1S[C@@H](C)C(=O)NC. The zero-order valence-electron chi connectivity index (χ0n) is 14.0. The minimum absolute atomic E-state index is 0.00784. The third-order valence-electron chi connectivity index (χ3n) is 3.87. The molecule has 0 saturated heterocycles. The lowest BCUT2D eigenvalue weighted by Crippen LogP contribution is -2.27. The molecule has 1 aliphatic heterocycles. The molecule has 1 atom stereocenters. The van der Waals surface area contributed by atoms with Gasteiger partial charge in [0.15, 0.2) is 16.7 Å². The summed E-state index contributed by atoms with van der Waals surface area (Å²) >= 11 is 1.46. The molecule has 1 aromatic carbocycles. The van der Waals surface area contributed by atoms with Gasteiger partial charge in [-0.05, 0) is 32.0 Å². The number of hydrogen-bond donors (Lipinski definition) is 1. The standard InChI is InChI=1S/C17H21N3O3S/c1-4-20-13(10-19-17(20)24-11(2)16(21)18-3)12-5-6-14-15(9-12)23-8-7-22-14/h5-6,9-11H,4,7-8H2,1-3H3,(H,18,21)/t11-/m0/s1. The van der Waals surface area contributed by atoms with Crippen molar-refractivity contribution in [2.24, 2.45) is 0 Å². The Morgan fingerprint density at radius 3 is 2.83 bits per heavy atom. The molecule has 128 valence electrons. The molecule has 24 heavy (non-hydrogen) atoms. The second kappa shape index (κ2) is 7.17. The minimum atomic E-state index is -0.198. The summed E-state index contributed by atoms with van der Waals surface area (Å²) in [7, 11) is 1.65. The average Bonchev–Trinajstić information content (AvgIpc) is 3.02. The highest BCUT2D eigenvalue weighted by atomic mass is 32.2. The molecule has 1 aliphatic rings. The number of nitrogens with zero attached hydrogens (tertiary/aromatic N) is 2. The van der Waals surface area contributed by atoms with Gasteiger partial charge in [0.2, 0.25) is 5.91 Å². The molecule has 2 heterocycles. The van der Waals surface area contributed by atoms with Crippen LogP contribution < -0.4 is 14.8 Å². The van der Waals surface area contributed by atoms with Crippen molar-refractivity contribution in [3.8, 4) is 22.8 Å². The van der Waals surface area contributed by atoms with E-state index in [0.717, 1.165) is 34.5 Å². The van der Waals surface area contributed by atoms with Gasteiger partial charge in [-0.3, -0.25) is 4.79 Å². The Morgan fingerprint density at radius 1 is 1.38 bits per heavy atom. The number of amides is 1. The van der Waals surface area contributed by atoms with Crippen molar-refractivity contribution in [3.63, 3.8) is 0 Å². The number of imidazole rings is 1. The number of carbonyl (C=O) groups is 1. The van der Waals surface area contributed by atoms with E-state index in [4.69, 9.17) is 9.47 Å². The monoisotopic (exact) mass is 347 g/mol. The van der Waals surface area contributed by atoms with E-state index < -0.39 is 0 Å². The van der Waals surface area contributed by atoms with Crippen molar-refractivity contribution in [3.05, 3.63) is 24.4 Å². The summed E-state index contributed by atoms with van der Waals surface area (Å²) in [5, 5.41) is 3.30. The number of fused-ring (bicyclic) bond motifs is 1. The predicted molar refractivity (Wildman–Crippen MR) is 93.7 cm³/mol. The number of rotatable bonds is 5. The Labute approximate surface area is 145 Å². The number of aromatic nitrogens is 2. The number of thioether (sulfide) groups is 1. The number of hydrogen-bond acceptors (Lipinski definition) is 5. The van der Waals surface area contributed by atoms with Gasteiger partial charge in [0.1, 0.15) is 13.2 Å². The van der Waals surface area contributed by atoms with Crippen LogP contribution in [0.3, 0.4) is 0 Å². The molecule has 0 radical (unpaired) electrons. The Bertz CT molecular complexity index is 745. The summed E-state index contributed by atoms with van der Waals surface area (Å²) < 4.78 is 13.3. The number of benzene rings is 1. The Morgan fingerprint density at radius 2 is 2.12 bits per heavy atom. The topological polar surface area (TPSA) is 65.4 Å². The van der Waals surface area contributed by atoms with E-state index >= 15 is 0 Å². The van der Waals surface area contributed by atoms with Gasteiger partial charge in [-0.15, -0.1) is 0 Å². The first kappa shape index (κ1) is 16.7. The molecule has 6 nitrogen and oxygen atoms in total. The van der Waals surface area contributed by atoms with Gasteiger partial charge in [-0.1, -0.05) is 11.8 Å². The first-order valence-corrected chi connectivity index (χ1v) is 8.85. The van der Waals surface area contributed by atoms with Crippen molar-refractivity contribution < 1.29 is 14.3 Å². The van der Waals surface area contributed by atoms with Crippen molar-refractivity contribution in [2.75, 3.05) is 20.3 Å². The second-order valence-corrected chi connectivity index (χ2v) is 6.71. The van der Waals surface area contributed by atoms with Gasteiger partial charge in [0, 0.05) is 19.2 Å². The van der Waals surface area contributed by atoms with Crippen LogP contribution in [-0.2, 0) is 11.3 Å². The maximum Gasteiger partial charge on any atom is 0.233 e. The Kier molecular flexibility index (Phi) is 4.99. The summed E-state index contributed by atoms with van der Waals surface area (Å²) in [5.74, 6) is 1.53. The van der Waals surface area contributed by atoms with E-state index in [-0.39, 0.29) is 11.2 Å². The van der Waals surface area contributed by atoms with Crippen LogP contribution in [0, 0.1) is 0 Å². The lowest BCUT2D eigenvalue weighted by atomic mass is 10.1. The maximum atomic E-state index is 11.8. The highest BCUT2D eigenvalue weighted by molar-refractivity contribution is 8.00.